The van der Waals surface area contributed by atoms with Crippen LogP contribution < -0.4 is 11.1 Å². The molecule has 0 bridgehead atoms. The molecule has 0 amide bonds. The van der Waals surface area contributed by atoms with Crippen molar-refractivity contribution in [1.29, 1.82) is 0 Å². The smallest absolute Gasteiger partial charge is 0.394 e. The number of nitrogens with zero attached hydrogens (tertiary/aromatic N) is 2. The van der Waals surface area contributed by atoms with Gasteiger partial charge in [-0.1, -0.05) is 6.92 Å². The predicted molar refractivity (Wildman–Crippen MR) is 79.4 cm³/mol. The highest BCUT2D eigenvalue weighted by Crippen LogP contribution is 2.36. The van der Waals surface area contributed by atoms with E-state index in [4.69, 9.17) is 5.73 Å². The SMILES string of the molecule is CCc1nn(C)c(Nc2cc(C(F)(F)F)ccc2Br)c1N. The summed E-state index contributed by atoms with van der Waals surface area (Å²) < 4.78 is 40.3. The maximum absolute atomic E-state index is 12.8. The number of nitrogens with two attached hydrogens (primary N) is 1. The van der Waals surface area contributed by atoms with E-state index in [1.165, 1.54) is 10.7 Å². The minimum atomic E-state index is -4.40. The Morgan fingerprint density at radius 1 is 1.38 bits per heavy atom. The van der Waals surface area contributed by atoms with Crippen LogP contribution in [0, 0.1) is 0 Å². The standard InChI is InChI=1S/C13H14BrF3N4/c1-3-9-11(18)12(21(2)20-9)19-10-6-7(13(15,16)17)4-5-8(10)14/h4-6,19H,3,18H2,1-2H3. The van der Waals surface area contributed by atoms with Crippen molar-refractivity contribution in [2.45, 2.75) is 19.5 Å². The largest absolute Gasteiger partial charge is 0.416 e. The van der Waals surface area contributed by atoms with E-state index in [1.54, 1.807) is 7.05 Å². The fourth-order valence-electron chi connectivity index (χ4n) is 1.93. The van der Waals surface area contributed by atoms with Crippen LogP contribution in [0.4, 0.5) is 30.4 Å². The molecule has 1 aromatic carbocycles. The first-order chi connectivity index (χ1) is 9.74. The van der Waals surface area contributed by atoms with Gasteiger partial charge in [-0.15, -0.1) is 0 Å². The number of nitrogens with one attached hydrogen (secondary N) is 1. The van der Waals surface area contributed by atoms with Crippen LogP contribution in [-0.4, -0.2) is 9.78 Å². The zero-order valence-electron chi connectivity index (χ0n) is 11.4. The van der Waals surface area contributed by atoms with E-state index >= 15 is 0 Å². The summed E-state index contributed by atoms with van der Waals surface area (Å²) in [7, 11) is 1.68. The van der Waals surface area contributed by atoms with Gasteiger partial charge in [0, 0.05) is 11.5 Å². The third-order valence-electron chi connectivity index (χ3n) is 3.04. The number of aromatic nitrogens is 2. The van der Waals surface area contributed by atoms with Gasteiger partial charge in [0.15, 0.2) is 5.82 Å². The second-order valence-electron chi connectivity index (χ2n) is 4.50. The number of hydrogen-bond acceptors (Lipinski definition) is 3. The third kappa shape index (κ3) is 3.15. The number of nitrogen functional groups attached to an aromatic ring is 1. The van der Waals surface area contributed by atoms with E-state index in [0.717, 1.165) is 12.1 Å². The summed E-state index contributed by atoms with van der Waals surface area (Å²) in [5.74, 6) is 0.465. The minimum Gasteiger partial charge on any atom is -0.394 e. The van der Waals surface area contributed by atoms with Crippen molar-refractivity contribution in [3.63, 3.8) is 0 Å². The Labute approximate surface area is 128 Å². The van der Waals surface area contributed by atoms with Gasteiger partial charge >= 0.3 is 6.18 Å². The molecule has 3 N–H and O–H groups in total. The van der Waals surface area contributed by atoms with E-state index in [2.05, 4.69) is 26.3 Å². The molecule has 0 fully saturated rings. The number of anilines is 3. The zero-order chi connectivity index (χ0) is 15.8. The molecule has 114 valence electrons. The topological polar surface area (TPSA) is 55.9 Å². The fraction of sp³-hybridized carbons (Fsp3) is 0.308. The second-order valence-corrected chi connectivity index (χ2v) is 5.36. The average molecular weight is 363 g/mol. The number of benzene rings is 1. The highest BCUT2D eigenvalue weighted by Gasteiger charge is 2.31. The second kappa shape index (κ2) is 5.59. The normalized spacial score (nSPS) is 11.7. The van der Waals surface area contributed by atoms with Gasteiger partial charge in [0.25, 0.3) is 0 Å². The lowest BCUT2D eigenvalue weighted by atomic mass is 10.2. The van der Waals surface area contributed by atoms with Crippen molar-refractivity contribution in [2.24, 2.45) is 7.05 Å². The van der Waals surface area contributed by atoms with E-state index in [-0.39, 0.29) is 5.69 Å². The first-order valence-electron chi connectivity index (χ1n) is 6.19. The molecule has 0 atom stereocenters. The highest BCUT2D eigenvalue weighted by molar-refractivity contribution is 9.10. The molecule has 0 radical (unpaired) electrons. The van der Waals surface area contributed by atoms with Crippen LogP contribution in [0.1, 0.15) is 18.2 Å². The van der Waals surface area contributed by atoms with Crippen LogP contribution in [0.15, 0.2) is 22.7 Å². The van der Waals surface area contributed by atoms with Crippen LogP contribution in [0.2, 0.25) is 0 Å². The molecule has 2 aromatic rings. The molecule has 0 aliphatic rings. The van der Waals surface area contributed by atoms with Gasteiger partial charge in [0.2, 0.25) is 0 Å². The molecule has 2 rings (SSSR count). The molecule has 0 unspecified atom stereocenters. The van der Waals surface area contributed by atoms with Crippen molar-refractivity contribution in [1.82, 2.24) is 9.78 Å². The number of halogens is 4. The Balaban J connectivity index is 2.42. The number of aryl methyl sites for hydroxylation is 2. The number of hydrogen-bond donors (Lipinski definition) is 2. The van der Waals surface area contributed by atoms with Crippen molar-refractivity contribution in [2.75, 3.05) is 11.1 Å². The molecule has 8 heteroatoms. The zero-order valence-corrected chi connectivity index (χ0v) is 13.0. The van der Waals surface area contributed by atoms with Gasteiger partial charge < -0.3 is 11.1 Å². The summed E-state index contributed by atoms with van der Waals surface area (Å²) in [5, 5.41) is 7.12. The molecule has 1 aromatic heterocycles. The molecule has 21 heavy (non-hydrogen) atoms. The van der Waals surface area contributed by atoms with Crippen LogP contribution in [0.5, 0.6) is 0 Å². The molecule has 1 heterocycles. The summed E-state index contributed by atoms with van der Waals surface area (Å²) in [6.07, 6.45) is -3.76. The predicted octanol–water partition coefficient (Wildman–Crippen LogP) is 4.09. The molecular weight excluding hydrogens is 349 g/mol. The first-order valence-corrected chi connectivity index (χ1v) is 6.98. The van der Waals surface area contributed by atoms with Crippen LogP contribution >= 0.6 is 15.9 Å². The average Bonchev–Trinajstić information content (AvgIpc) is 2.67. The molecule has 0 saturated carbocycles. The van der Waals surface area contributed by atoms with Gasteiger partial charge in [-0.25, -0.2) is 0 Å². The quantitative estimate of drug-likeness (QED) is 0.864. The lowest BCUT2D eigenvalue weighted by Gasteiger charge is -2.13. The third-order valence-corrected chi connectivity index (χ3v) is 3.73. The summed E-state index contributed by atoms with van der Waals surface area (Å²) in [5.41, 5.74) is 6.63. The molecule has 0 saturated heterocycles. The Kier molecular flexibility index (Phi) is 4.18. The number of rotatable bonds is 3. The van der Waals surface area contributed by atoms with Gasteiger partial charge in [0.05, 0.1) is 22.6 Å². The summed E-state index contributed by atoms with van der Waals surface area (Å²) in [6, 6.07) is 3.39. The first kappa shape index (κ1) is 15.7. The Morgan fingerprint density at radius 2 is 2.05 bits per heavy atom. The molecular formula is C13H14BrF3N4. The van der Waals surface area contributed by atoms with Gasteiger partial charge in [-0.3, -0.25) is 4.68 Å². The number of alkyl halides is 3. The van der Waals surface area contributed by atoms with Crippen LogP contribution in [0.25, 0.3) is 0 Å². The molecule has 4 nitrogen and oxygen atoms in total. The molecule has 0 aliphatic carbocycles. The van der Waals surface area contributed by atoms with Crippen LogP contribution in [0.3, 0.4) is 0 Å². The van der Waals surface area contributed by atoms with Gasteiger partial charge in [-0.2, -0.15) is 18.3 Å². The van der Waals surface area contributed by atoms with E-state index in [9.17, 15) is 13.2 Å². The summed E-state index contributed by atoms with van der Waals surface area (Å²) in [4.78, 5) is 0. The molecule has 0 spiro atoms. The monoisotopic (exact) mass is 362 g/mol. The van der Waals surface area contributed by atoms with Crippen LogP contribution in [-0.2, 0) is 19.6 Å². The van der Waals surface area contributed by atoms with Crippen molar-refractivity contribution < 1.29 is 13.2 Å². The van der Waals surface area contributed by atoms with E-state index in [0.29, 0.717) is 28.1 Å². The van der Waals surface area contributed by atoms with E-state index in [1.807, 2.05) is 6.92 Å². The highest BCUT2D eigenvalue weighted by atomic mass is 79.9. The maximum Gasteiger partial charge on any atom is 0.416 e. The lowest BCUT2D eigenvalue weighted by Crippen LogP contribution is -2.07. The lowest BCUT2D eigenvalue weighted by molar-refractivity contribution is -0.137. The Hall–Kier alpha value is -1.70. The van der Waals surface area contributed by atoms with Gasteiger partial charge in [0.1, 0.15) is 0 Å². The van der Waals surface area contributed by atoms with Gasteiger partial charge in [-0.05, 0) is 40.5 Å². The van der Waals surface area contributed by atoms with E-state index < -0.39 is 11.7 Å². The van der Waals surface area contributed by atoms with Crippen molar-refractivity contribution in [3.05, 3.63) is 33.9 Å². The van der Waals surface area contributed by atoms with Crippen molar-refractivity contribution in [3.8, 4) is 0 Å². The van der Waals surface area contributed by atoms with Crippen molar-refractivity contribution >= 4 is 33.1 Å². The summed E-state index contributed by atoms with van der Waals surface area (Å²) >= 11 is 3.23. The minimum absolute atomic E-state index is 0.280. The summed E-state index contributed by atoms with van der Waals surface area (Å²) in [6.45, 7) is 1.91. The Morgan fingerprint density at radius 3 is 2.57 bits per heavy atom. The molecule has 0 aliphatic heterocycles. The Bertz CT molecular complexity index is 664. The fourth-order valence-corrected chi connectivity index (χ4v) is 2.28. The maximum atomic E-state index is 12.8.